The third-order valence-corrected chi connectivity index (χ3v) is 3.72. The van der Waals surface area contributed by atoms with E-state index >= 15 is 0 Å². The molecule has 5 nitrogen and oxygen atoms in total. The van der Waals surface area contributed by atoms with Crippen molar-refractivity contribution in [1.29, 1.82) is 0 Å². The molecule has 2 amide bonds. The van der Waals surface area contributed by atoms with Gasteiger partial charge in [-0.25, -0.2) is 0 Å². The number of rotatable bonds is 3. The van der Waals surface area contributed by atoms with Gasteiger partial charge in [0.05, 0.1) is 24.0 Å². The number of hydrogen-bond acceptors (Lipinski definition) is 4. The molecule has 6 heteroatoms. The third kappa shape index (κ3) is 1.46. The molecule has 4 unspecified atom stereocenters. The van der Waals surface area contributed by atoms with Crippen LogP contribution in [0, 0.1) is 11.8 Å². The van der Waals surface area contributed by atoms with E-state index in [0.717, 1.165) is 4.90 Å². The van der Waals surface area contributed by atoms with Crippen molar-refractivity contribution in [3.63, 3.8) is 0 Å². The molecule has 2 bridgehead atoms. The summed E-state index contributed by atoms with van der Waals surface area (Å²) in [4.78, 5) is 35.9. The average molecular weight is 256 g/mol. The zero-order valence-corrected chi connectivity index (χ0v) is 9.59. The number of halogens is 1. The lowest BCUT2D eigenvalue weighted by atomic mass is 9.85. The number of likely N-dealkylation sites (tertiary alicyclic amines) is 1. The molecule has 2 saturated heterocycles. The number of hydrogen-bond donors (Lipinski definition) is 0. The number of fused-ring (bicyclic) bond motifs is 5. The van der Waals surface area contributed by atoms with Crippen LogP contribution in [0.2, 0.25) is 0 Å². The summed E-state index contributed by atoms with van der Waals surface area (Å²) in [6, 6.07) is 0. The van der Waals surface area contributed by atoms with Gasteiger partial charge in [0.25, 0.3) is 0 Å². The Morgan fingerprint density at radius 3 is 2.24 bits per heavy atom. The van der Waals surface area contributed by atoms with E-state index in [-0.39, 0.29) is 37.0 Å². The molecule has 3 heterocycles. The van der Waals surface area contributed by atoms with Crippen molar-refractivity contribution in [2.75, 3.05) is 6.54 Å². The first-order chi connectivity index (χ1) is 8.09. The minimum absolute atomic E-state index is 0.00208. The normalized spacial score (nSPS) is 38.1. The Bertz CT molecular complexity index is 417. The molecule has 0 N–H and O–H groups in total. The lowest BCUT2D eigenvalue weighted by Crippen LogP contribution is -2.35. The Morgan fingerprint density at radius 2 is 1.76 bits per heavy atom. The van der Waals surface area contributed by atoms with Crippen LogP contribution in [-0.4, -0.2) is 40.7 Å². The summed E-state index contributed by atoms with van der Waals surface area (Å²) in [7, 11) is 0. The third-order valence-electron chi connectivity index (χ3n) is 3.53. The van der Waals surface area contributed by atoms with Gasteiger partial charge in [-0.05, 0) is 11.6 Å². The van der Waals surface area contributed by atoms with Crippen LogP contribution >= 0.6 is 11.6 Å². The zero-order chi connectivity index (χ0) is 12.2. The summed E-state index contributed by atoms with van der Waals surface area (Å²) < 4.78 is 5.48. The molecular formula is C11H10ClNO4. The highest BCUT2D eigenvalue weighted by Crippen LogP contribution is 2.44. The second-order valence-electron chi connectivity index (χ2n) is 4.44. The molecule has 0 spiro atoms. The highest BCUT2D eigenvalue weighted by Gasteiger charge is 2.60. The number of nitrogens with zero attached hydrogens (tertiary/aromatic N) is 1. The maximum atomic E-state index is 12.0. The first-order valence-corrected chi connectivity index (χ1v) is 5.85. The molecule has 0 saturated carbocycles. The first-order valence-electron chi connectivity index (χ1n) is 5.47. The second-order valence-corrected chi connectivity index (χ2v) is 4.86. The van der Waals surface area contributed by atoms with Crippen LogP contribution in [0.5, 0.6) is 0 Å². The molecule has 4 atom stereocenters. The summed E-state index contributed by atoms with van der Waals surface area (Å²) in [6.45, 7) is 0.0758. The van der Waals surface area contributed by atoms with Crippen LogP contribution in [-0.2, 0) is 19.1 Å². The van der Waals surface area contributed by atoms with Crippen molar-refractivity contribution in [3.05, 3.63) is 12.2 Å². The zero-order valence-electron chi connectivity index (χ0n) is 8.84. The Balaban J connectivity index is 1.80. The molecule has 3 aliphatic heterocycles. The van der Waals surface area contributed by atoms with Crippen molar-refractivity contribution < 1.29 is 19.1 Å². The number of carbonyl (C=O) groups is 3. The van der Waals surface area contributed by atoms with Crippen LogP contribution in [0.1, 0.15) is 6.42 Å². The quantitative estimate of drug-likeness (QED) is 0.407. The molecule has 0 aromatic carbocycles. The van der Waals surface area contributed by atoms with E-state index < -0.39 is 17.1 Å². The van der Waals surface area contributed by atoms with E-state index in [4.69, 9.17) is 16.3 Å². The first kappa shape index (κ1) is 10.9. The van der Waals surface area contributed by atoms with Crippen molar-refractivity contribution in [2.24, 2.45) is 11.8 Å². The van der Waals surface area contributed by atoms with E-state index in [2.05, 4.69) is 0 Å². The minimum atomic E-state index is -0.542. The van der Waals surface area contributed by atoms with Crippen molar-refractivity contribution in [3.8, 4) is 0 Å². The maximum Gasteiger partial charge on any atom is 0.236 e. The second kappa shape index (κ2) is 3.65. The smallest absolute Gasteiger partial charge is 0.236 e. The summed E-state index contributed by atoms with van der Waals surface area (Å²) in [5.74, 6) is -1.28. The molecule has 3 aliphatic rings. The Labute approximate surface area is 102 Å². The van der Waals surface area contributed by atoms with Gasteiger partial charge in [0, 0.05) is 13.0 Å². The fourth-order valence-corrected chi connectivity index (χ4v) is 2.87. The number of imide groups is 1. The monoisotopic (exact) mass is 255 g/mol. The standard InChI is InChI=1S/C11H10ClNO4/c12-7(14)3-4-13-10(15)8-5-1-2-6(17-5)9(8)11(13)16/h1-2,5-6,8-9H,3-4H2. The number of amides is 2. The van der Waals surface area contributed by atoms with Gasteiger partial charge >= 0.3 is 0 Å². The van der Waals surface area contributed by atoms with E-state index in [1.165, 1.54) is 0 Å². The highest BCUT2D eigenvalue weighted by molar-refractivity contribution is 6.63. The van der Waals surface area contributed by atoms with Crippen molar-refractivity contribution in [1.82, 2.24) is 4.90 Å². The largest absolute Gasteiger partial charge is 0.365 e. The predicted octanol–water partition coefficient (Wildman–Crippen LogP) is 0.0803. The molecular weight excluding hydrogens is 246 g/mol. The van der Waals surface area contributed by atoms with Crippen LogP contribution < -0.4 is 0 Å². The average Bonchev–Trinajstić information content (AvgIpc) is 2.92. The molecule has 17 heavy (non-hydrogen) atoms. The SMILES string of the molecule is O=C(Cl)CCN1C(=O)C2C3C=CC(O3)C2C1=O. The lowest BCUT2D eigenvalue weighted by molar-refractivity contribution is -0.142. The molecule has 90 valence electrons. The fourth-order valence-electron chi connectivity index (χ4n) is 2.79. The van der Waals surface area contributed by atoms with Crippen LogP contribution in [0.3, 0.4) is 0 Å². The molecule has 0 radical (unpaired) electrons. The summed E-state index contributed by atoms with van der Waals surface area (Å²) in [6.07, 6.45) is 3.10. The van der Waals surface area contributed by atoms with Gasteiger partial charge in [-0.3, -0.25) is 19.3 Å². The summed E-state index contributed by atoms with van der Waals surface area (Å²) >= 11 is 5.22. The molecule has 2 fully saturated rings. The van der Waals surface area contributed by atoms with Crippen LogP contribution in [0.25, 0.3) is 0 Å². The summed E-state index contributed by atoms with van der Waals surface area (Å²) in [5.41, 5.74) is 0. The lowest BCUT2D eigenvalue weighted by Gasteiger charge is -2.16. The number of ether oxygens (including phenoxy) is 1. The van der Waals surface area contributed by atoms with Gasteiger partial charge in [0.15, 0.2) is 0 Å². The van der Waals surface area contributed by atoms with Gasteiger partial charge in [0.2, 0.25) is 17.1 Å². The Morgan fingerprint density at radius 1 is 1.24 bits per heavy atom. The van der Waals surface area contributed by atoms with Gasteiger partial charge in [-0.1, -0.05) is 12.2 Å². The van der Waals surface area contributed by atoms with Crippen LogP contribution in [0.15, 0.2) is 12.2 Å². The Hall–Kier alpha value is -1.20. The van der Waals surface area contributed by atoms with Crippen molar-refractivity contribution >= 4 is 28.7 Å². The number of carbonyl (C=O) groups excluding carboxylic acids is 3. The Kier molecular flexibility index (Phi) is 2.34. The van der Waals surface area contributed by atoms with E-state index in [9.17, 15) is 14.4 Å². The van der Waals surface area contributed by atoms with E-state index in [1.54, 1.807) is 0 Å². The molecule has 3 rings (SSSR count). The van der Waals surface area contributed by atoms with E-state index in [0.29, 0.717) is 0 Å². The molecule has 0 aromatic heterocycles. The van der Waals surface area contributed by atoms with Gasteiger partial charge in [-0.2, -0.15) is 0 Å². The van der Waals surface area contributed by atoms with E-state index in [1.807, 2.05) is 12.2 Å². The van der Waals surface area contributed by atoms with Gasteiger partial charge in [-0.15, -0.1) is 0 Å². The summed E-state index contributed by atoms with van der Waals surface area (Å²) in [5, 5.41) is -0.542. The van der Waals surface area contributed by atoms with Gasteiger partial charge < -0.3 is 4.74 Å². The van der Waals surface area contributed by atoms with Gasteiger partial charge in [0.1, 0.15) is 0 Å². The molecule has 0 aliphatic carbocycles. The van der Waals surface area contributed by atoms with Crippen molar-refractivity contribution in [2.45, 2.75) is 18.6 Å². The topological polar surface area (TPSA) is 63.7 Å². The molecule has 0 aromatic rings. The minimum Gasteiger partial charge on any atom is -0.365 e. The van der Waals surface area contributed by atoms with Crippen LogP contribution in [0.4, 0.5) is 0 Å². The fraction of sp³-hybridized carbons (Fsp3) is 0.545. The highest BCUT2D eigenvalue weighted by atomic mass is 35.5. The predicted molar refractivity (Wildman–Crippen MR) is 57.0 cm³/mol. The maximum absolute atomic E-state index is 12.0.